The van der Waals surface area contributed by atoms with Gasteiger partial charge in [-0.3, -0.25) is 10.1 Å². The number of carbonyl (C=O) groups is 2. The highest BCUT2D eigenvalue weighted by Crippen LogP contribution is 2.27. The molecule has 0 unspecified atom stereocenters. The highest BCUT2D eigenvalue weighted by molar-refractivity contribution is 5.90. The molecule has 154 valence electrons. The lowest BCUT2D eigenvalue weighted by atomic mass is 10.2. The molecule has 1 aliphatic rings. The number of benzene rings is 1. The number of primary amides is 1. The smallest absolute Gasteiger partial charge is 0.323 e. The molecule has 12 heteroatoms. The Morgan fingerprint density at radius 2 is 2.07 bits per heavy atom. The van der Waals surface area contributed by atoms with Gasteiger partial charge in [-0.25, -0.2) is 18.9 Å². The van der Waals surface area contributed by atoms with Gasteiger partial charge in [0.25, 0.3) is 5.91 Å². The lowest BCUT2D eigenvalue weighted by Crippen LogP contribution is -2.54. The summed E-state index contributed by atoms with van der Waals surface area (Å²) >= 11 is 0. The zero-order chi connectivity index (χ0) is 21.3. The first kappa shape index (κ1) is 19.3. The van der Waals surface area contributed by atoms with E-state index in [4.69, 9.17) is 10.5 Å². The number of likely N-dealkylation sites (tertiary alicyclic amines) is 1. The Balaban J connectivity index is 1.46. The van der Waals surface area contributed by atoms with Gasteiger partial charge >= 0.3 is 6.03 Å². The molecule has 0 bridgehead atoms. The van der Waals surface area contributed by atoms with E-state index in [2.05, 4.69) is 20.6 Å². The predicted octanol–water partition coefficient (Wildman–Crippen LogP) is 0.901. The molecule has 0 saturated carbocycles. The summed E-state index contributed by atoms with van der Waals surface area (Å²) in [6.45, 7) is 0.512. The third-order valence-electron chi connectivity index (χ3n) is 4.27. The van der Waals surface area contributed by atoms with Crippen molar-refractivity contribution in [2.75, 3.05) is 18.4 Å². The second-order valence-corrected chi connectivity index (χ2v) is 6.50. The molecule has 11 nitrogen and oxygen atoms in total. The Labute approximate surface area is 168 Å². The quantitative estimate of drug-likeness (QED) is 0.563. The standard InChI is InChI=1S/C18H16FN7O4/c19-13-5-10(26-9-14(17(20)28)23-24-26)1-2-15(13)30-12-3-4-21-16(6-12)22-18(29)25-7-11(27)8-25/h1-6,9,11,27H,7-8H2,(H2,20,28)(H,21,22,29). The van der Waals surface area contributed by atoms with E-state index in [-0.39, 0.29) is 36.1 Å². The molecule has 3 heterocycles. The van der Waals surface area contributed by atoms with E-state index in [0.717, 1.165) is 6.07 Å². The summed E-state index contributed by atoms with van der Waals surface area (Å²) in [6, 6.07) is 6.62. The predicted molar refractivity (Wildman–Crippen MR) is 101 cm³/mol. The first-order valence-electron chi connectivity index (χ1n) is 8.79. The first-order chi connectivity index (χ1) is 14.4. The van der Waals surface area contributed by atoms with Crippen molar-refractivity contribution in [3.05, 3.63) is 54.2 Å². The Hall–Kier alpha value is -4.06. The number of nitrogens with two attached hydrogens (primary N) is 1. The molecular formula is C18H16FN7O4. The summed E-state index contributed by atoms with van der Waals surface area (Å²) < 4.78 is 21.3. The van der Waals surface area contributed by atoms with Crippen LogP contribution in [-0.4, -0.2) is 61.1 Å². The van der Waals surface area contributed by atoms with E-state index in [0.29, 0.717) is 5.69 Å². The van der Waals surface area contributed by atoms with Gasteiger partial charge in [0, 0.05) is 18.3 Å². The van der Waals surface area contributed by atoms with Crippen LogP contribution in [0.2, 0.25) is 0 Å². The number of hydrogen-bond acceptors (Lipinski definition) is 7. The lowest BCUT2D eigenvalue weighted by molar-refractivity contribution is 0.0308. The van der Waals surface area contributed by atoms with Gasteiger partial charge in [-0.15, -0.1) is 5.10 Å². The normalized spacial score (nSPS) is 13.6. The zero-order valence-corrected chi connectivity index (χ0v) is 15.4. The summed E-state index contributed by atoms with van der Waals surface area (Å²) in [5, 5.41) is 19.2. The first-order valence-corrected chi connectivity index (χ1v) is 8.79. The molecule has 30 heavy (non-hydrogen) atoms. The maximum atomic E-state index is 14.5. The molecule has 1 saturated heterocycles. The van der Waals surface area contributed by atoms with Crippen molar-refractivity contribution in [3.8, 4) is 17.2 Å². The fourth-order valence-electron chi connectivity index (χ4n) is 2.70. The van der Waals surface area contributed by atoms with E-state index < -0.39 is 23.9 Å². The summed E-state index contributed by atoms with van der Waals surface area (Å²) in [4.78, 5) is 28.5. The molecule has 1 fully saturated rings. The fourth-order valence-corrected chi connectivity index (χ4v) is 2.70. The highest BCUT2D eigenvalue weighted by atomic mass is 19.1. The number of β-amino-alcohol motifs (C(OH)–C–C–N with tert-alkyl or cyclic N) is 1. The number of aliphatic hydroxyl groups excluding tert-OH is 1. The second-order valence-electron chi connectivity index (χ2n) is 6.50. The number of halogens is 1. The topological polar surface area (TPSA) is 148 Å². The van der Waals surface area contributed by atoms with Crippen LogP contribution in [0.5, 0.6) is 11.5 Å². The number of rotatable bonds is 5. The van der Waals surface area contributed by atoms with Crippen molar-refractivity contribution >= 4 is 17.8 Å². The Kier molecular flexibility index (Phi) is 4.98. The van der Waals surface area contributed by atoms with E-state index in [1.165, 1.54) is 46.2 Å². The average Bonchev–Trinajstić information content (AvgIpc) is 3.18. The number of nitrogens with one attached hydrogen (secondary N) is 1. The minimum absolute atomic E-state index is 0.0465. The number of aliphatic hydroxyl groups is 1. The zero-order valence-electron chi connectivity index (χ0n) is 15.4. The SMILES string of the molecule is NC(=O)c1cn(-c2ccc(Oc3ccnc(NC(=O)N4CC(O)C4)c3)c(F)c2)nn1. The molecule has 0 spiro atoms. The molecule has 4 rings (SSSR count). The van der Waals surface area contributed by atoms with Gasteiger partial charge < -0.3 is 20.5 Å². The molecule has 1 aliphatic heterocycles. The maximum absolute atomic E-state index is 14.5. The van der Waals surface area contributed by atoms with E-state index in [1.54, 1.807) is 0 Å². The van der Waals surface area contributed by atoms with Crippen molar-refractivity contribution in [3.63, 3.8) is 0 Å². The summed E-state index contributed by atoms with van der Waals surface area (Å²) in [5.41, 5.74) is 5.40. The number of hydrogen-bond donors (Lipinski definition) is 3. The minimum atomic E-state index is -0.743. The molecule has 0 aliphatic carbocycles. The number of aromatic nitrogens is 4. The monoisotopic (exact) mass is 413 g/mol. The minimum Gasteiger partial charge on any atom is -0.454 e. The Morgan fingerprint density at radius 3 is 2.73 bits per heavy atom. The van der Waals surface area contributed by atoms with Crippen LogP contribution in [-0.2, 0) is 0 Å². The average molecular weight is 413 g/mol. The van der Waals surface area contributed by atoms with Gasteiger partial charge in [0.2, 0.25) is 0 Å². The summed E-state index contributed by atoms with van der Waals surface area (Å²) in [6.07, 6.45) is 2.18. The van der Waals surface area contributed by atoms with E-state index >= 15 is 0 Å². The van der Waals surface area contributed by atoms with Crippen molar-refractivity contribution in [1.29, 1.82) is 0 Å². The van der Waals surface area contributed by atoms with Crippen LogP contribution in [0.1, 0.15) is 10.5 Å². The van der Waals surface area contributed by atoms with Crippen LogP contribution in [0.25, 0.3) is 5.69 Å². The fraction of sp³-hybridized carbons (Fsp3) is 0.167. The Bertz CT molecular complexity index is 1110. The largest absolute Gasteiger partial charge is 0.454 e. The van der Waals surface area contributed by atoms with Gasteiger partial charge in [-0.2, -0.15) is 0 Å². The molecule has 3 amide bonds. The van der Waals surface area contributed by atoms with Crippen molar-refractivity contribution in [2.24, 2.45) is 5.73 Å². The highest BCUT2D eigenvalue weighted by Gasteiger charge is 2.28. The van der Waals surface area contributed by atoms with Crippen LogP contribution in [0.4, 0.5) is 15.0 Å². The van der Waals surface area contributed by atoms with E-state index in [1.807, 2.05) is 0 Å². The molecule has 4 N–H and O–H groups in total. The summed E-state index contributed by atoms with van der Waals surface area (Å²) in [5.74, 6) is -1.01. The van der Waals surface area contributed by atoms with Crippen LogP contribution in [0, 0.1) is 5.82 Å². The van der Waals surface area contributed by atoms with Crippen LogP contribution in [0.15, 0.2) is 42.7 Å². The van der Waals surface area contributed by atoms with Gasteiger partial charge in [0.15, 0.2) is 17.3 Å². The second kappa shape index (κ2) is 7.75. The van der Waals surface area contributed by atoms with Crippen molar-refractivity contribution in [1.82, 2.24) is 24.9 Å². The van der Waals surface area contributed by atoms with Crippen LogP contribution >= 0.6 is 0 Å². The third-order valence-corrected chi connectivity index (χ3v) is 4.27. The lowest BCUT2D eigenvalue weighted by Gasteiger charge is -2.35. The number of ether oxygens (including phenoxy) is 1. The number of nitrogens with zero attached hydrogens (tertiary/aromatic N) is 5. The van der Waals surface area contributed by atoms with E-state index in [9.17, 15) is 19.1 Å². The molecule has 1 aromatic carbocycles. The van der Waals surface area contributed by atoms with Crippen LogP contribution in [0.3, 0.4) is 0 Å². The van der Waals surface area contributed by atoms with Gasteiger partial charge in [-0.1, -0.05) is 5.21 Å². The van der Waals surface area contributed by atoms with Crippen molar-refractivity contribution < 1.29 is 23.8 Å². The molecule has 0 atom stereocenters. The number of carbonyl (C=O) groups excluding carboxylic acids is 2. The number of pyridine rings is 1. The maximum Gasteiger partial charge on any atom is 0.323 e. The number of urea groups is 1. The van der Waals surface area contributed by atoms with Crippen molar-refractivity contribution in [2.45, 2.75) is 6.10 Å². The molecular weight excluding hydrogens is 397 g/mol. The third kappa shape index (κ3) is 4.03. The van der Waals surface area contributed by atoms with Gasteiger partial charge in [0.05, 0.1) is 31.1 Å². The number of anilines is 1. The number of amides is 3. The summed E-state index contributed by atoms with van der Waals surface area (Å²) in [7, 11) is 0. The molecule has 0 radical (unpaired) electrons. The molecule has 3 aromatic rings. The van der Waals surface area contributed by atoms with Gasteiger partial charge in [-0.05, 0) is 18.2 Å². The molecule has 2 aromatic heterocycles. The van der Waals surface area contributed by atoms with Gasteiger partial charge in [0.1, 0.15) is 11.6 Å². The Morgan fingerprint density at radius 1 is 1.27 bits per heavy atom. The van der Waals surface area contributed by atoms with Crippen LogP contribution < -0.4 is 15.8 Å².